The van der Waals surface area contributed by atoms with E-state index in [2.05, 4.69) is 5.32 Å². The second-order valence-corrected chi connectivity index (χ2v) is 4.97. The summed E-state index contributed by atoms with van der Waals surface area (Å²) in [7, 11) is 6.25. The summed E-state index contributed by atoms with van der Waals surface area (Å²) in [5.74, 6) is 2.28. The van der Waals surface area contributed by atoms with Gasteiger partial charge in [0.25, 0.3) is 0 Å². The summed E-state index contributed by atoms with van der Waals surface area (Å²) in [6.45, 7) is 0. The Morgan fingerprint density at radius 3 is 2.17 bits per heavy atom. The van der Waals surface area contributed by atoms with Crippen LogP contribution in [0.1, 0.15) is 5.56 Å². The van der Waals surface area contributed by atoms with Gasteiger partial charge >= 0.3 is 0 Å². The molecule has 0 aliphatic carbocycles. The molecule has 0 unspecified atom stereocenters. The van der Waals surface area contributed by atoms with Crippen molar-refractivity contribution in [3.63, 3.8) is 0 Å². The van der Waals surface area contributed by atoms with E-state index in [1.54, 1.807) is 58.8 Å². The van der Waals surface area contributed by atoms with Gasteiger partial charge in [-0.3, -0.25) is 4.79 Å². The van der Waals surface area contributed by atoms with Gasteiger partial charge in [-0.1, -0.05) is 6.07 Å². The Bertz CT molecular complexity index is 715. The molecule has 1 amide bonds. The predicted molar refractivity (Wildman–Crippen MR) is 91.4 cm³/mol. The second kappa shape index (κ2) is 8.10. The molecule has 6 heteroatoms. The fourth-order valence-corrected chi connectivity index (χ4v) is 2.29. The van der Waals surface area contributed by atoms with Crippen molar-refractivity contribution in [2.75, 3.05) is 33.8 Å². The normalized spacial score (nSPS) is 10.0. The van der Waals surface area contributed by atoms with Crippen molar-refractivity contribution in [1.29, 1.82) is 0 Å². The molecule has 0 atom stereocenters. The minimum atomic E-state index is -0.161. The molecule has 6 nitrogen and oxygen atoms in total. The minimum Gasteiger partial charge on any atom is -0.497 e. The van der Waals surface area contributed by atoms with Crippen molar-refractivity contribution >= 4 is 11.6 Å². The molecule has 0 radical (unpaired) electrons. The smallest absolute Gasteiger partial charge is 0.228 e. The van der Waals surface area contributed by atoms with Crippen molar-refractivity contribution in [3.05, 3.63) is 42.0 Å². The molecule has 0 aliphatic heterocycles. The summed E-state index contributed by atoms with van der Waals surface area (Å²) >= 11 is 0. The van der Waals surface area contributed by atoms with Crippen molar-refractivity contribution < 1.29 is 23.7 Å². The topological polar surface area (TPSA) is 66.0 Å². The lowest BCUT2D eigenvalue weighted by Crippen LogP contribution is -2.15. The van der Waals surface area contributed by atoms with Gasteiger partial charge in [0.2, 0.25) is 5.91 Å². The first kappa shape index (κ1) is 17.5. The van der Waals surface area contributed by atoms with Crippen molar-refractivity contribution in [3.8, 4) is 23.0 Å². The zero-order valence-corrected chi connectivity index (χ0v) is 14.2. The number of ether oxygens (including phenoxy) is 4. The molecule has 0 spiro atoms. The highest BCUT2D eigenvalue weighted by atomic mass is 16.5. The summed E-state index contributed by atoms with van der Waals surface area (Å²) in [5.41, 5.74) is 1.40. The van der Waals surface area contributed by atoms with Crippen LogP contribution in [0.2, 0.25) is 0 Å². The number of carbonyl (C=O) groups excluding carboxylic acids is 1. The zero-order valence-electron chi connectivity index (χ0n) is 14.2. The summed E-state index contributed by atoms with van der Waals surface area (Å²) in [6.07, 6.45) is 0.182. The van der Waals surface area contributed by atoms with Crippen LogP contribution in [0.15, 0.2) is 36.4 Å². The Kier molecular flexibility index (Phi) is 5.89. The Labute approximate surface area is 141 Å². The second-order valence-electron chi connectivity index (χ2n) is 4.97. The maximum atomic E-state index is 12.3. The quantitative estimate of drug-likeness (QED) is 0.845. The molecule has 0 aromatic heterocycles. The molecule has 0 aliphatic rings. The van der Waals surface area contributed by atoms with E-state index < -0.39 is 0 Å². The molecular formula is C18H21NO5. The molecular weight excluding hydrogens is 310 g/mol. The monoisotopic (exact) mass is 331 g/mol. The number of nitrogens with one attached hydrogen (secondary N) is 1. The van der Waals surface area contributed by atoms with Gasteiger partial charge in [-0.15, -0.1) is 0 Å². The fourth-order valence-electron chi connectivity index (χ4n) is 2.29. The third-order valence-electron chi connectivity index (χ3n) is 3.51. The lowest BCUT2D eigenvalue weighted by Gasteiger charge is -2.12. The van der Waals surface area contributed by atoms with E-state index >= 15 is 0 Å². The molecule has 0 bridgehead atoms. The Balaban J connectivity index is 2.11. The van der Waals surface area contributed by atoms with Crippen LogP contribution < -0.4 is 24.3 Å². The van der Waals surface area contributed by atoms with Crippen LogP contribution in [0.4, 0.5) is 5.69 Å². The van der Waals surface area contributed by atoms with Crippen LogP contribution >= 0.6 is 0 Å². The highest BCUT2D eigenvalue weighted by molar-refractivity contribution is 5.93. The Morgan fingerprint density at radius 2 is 1.54 bits per heavy atom. The van der Waals surface area contributed by atoms with E-state index in [0.717, 1.165) is 5.56 Å². The van der Waals surface area contributed by atoms with Crippen molar-refractivity contribution in [2.24, 2.45) is 0 Å². The van der Waals surface area contributed by atoms with Crippen LogP contribution in [0, 0.1) is 0 Å². The number of hydrogen-bond donors (Lipinski definition) is 1. The first-order chi connectivity index (χ1) is 11.6. The molecule has 128 valence electrons. The number of anilines is 1. The average molecular weight is 331 g/mol. The van der Waals surface area contributed by atoms with Crippen LogP contribution in [-0.2, 0) is 11.2 Å². The third kappa shape index (κ3) is 4.10. The lowest BCUT2D eigenvalue weighted by atomic mass is 10.1. The first-order valence-corrected chi connectivity index (χ1v) is 7.34. The third-order valence-corrected chi connectivity index (χ3v) is 3.51. The Hall–Kier alpha value is -2.89. The number of amides is 1. The Morgan fingerprint density at radius 1 is 0.833 bits per heavy atom. The highest BCUT2D eigenvalue weighted by Crippen LogP contribution is 2.30. The summed E-state index contributed by atoms with van der Waals surface area (Å²) in [6, 6.07) is 10.6. The standard InChI is InChI=1S/C18H21NO5/c1-21-14-7-5-12(16(11-14)23-3)9-18(20)19-13-6-8-15(22-2)17(10-13)24-4/h5-8,10-11H,9H2,1-4H3,(H,19,20). The van der Waals surface area contributed by atoms with Gasteiger partial charge in [-0.2, -0.15) is 0 Å². The summed E-state index contributed by atoms with van der Waals surface area (Å²) < 4.78 is 20.9. The van der Waals surface area contributed by atoms with E-state index in [-0.39, 0.29) is 12.3 Å². The maximum absolute atomic E-state index is 12.3. The van der Waals surface area contributed by atoms with Gasteiger partial charge in [0, 0.05) is 23.4 Å². The maximum Gasteiger partial charge on any atom is 0.228 e. The van der Waals surface area contributed by atoms with E-state index in [9.17, 15) is 4.79 Å². The minimum absolute atomic E-state index is 0.161. The lowest BCUT2D eigenvalue weighted by molar-refractivity contribution is -0.115. The molecule has 0 saturated heterocycles. The average Bonchev–Trinajstić information content (AvgIpc) is 2.61. The van der Waals surface area contributed by atoms with E-state index in [0.29, 0.717) is 28.7 Å². The van der Waals surface area contributed by atoms with Crippen LogP contribution in [0.25, 0.3) is 0 Å². The molecule has 1 N–H and O–H groups in total. The number of methoxy groups -OCH3 is 4. The SMILES string of the molecule is COc1ccc(CC(=O)Nc2ccc(OC)c(OC)c2)c(OC)c1. The number of benzene rings is 2. The molecule has 24 heavy (non-hydrogen) atoms. The van der Waals surface area contributed by atoms with Crippen molar-refractivity contribution in [1.82, 2.24) is 0 Å². The summed E-state index contributed by atoms with van der Waals surface area (Å²) in [5, 5.41) is 2.84. The zero-order chi connectivity index (χ0) is 17.5. The van der Waals surface area contributed by atoms with E-state index in [4.69, 9.17) is 18.9 Å². The van der Waals surface area contributed by atoms with E-state index in [1.165, 1.54) is 0 Å². The molecule has 2 aromatic rings. The molecule has 0 heterocycles. The van der Waals surface area contributed by atoms with Gasteiger partial charge in [-0.25, -0.2) is 0 Å². The van der Waals surface area contributed by atoms with Crippen molar-refractivity contribution in [2.45, 2.75) is 6.42 Å². The van der Waals surface area contributed by atoms with Gasteiger partial charge in [0.1, 0.15) is 11.5 Å². The largest absolute Gasteiger partial charge is 0.497 e. The molecule has 0 fully saturated rings. The number of rotatable bonds is 7. The van der Waals surface area contributed by atoms with Crippen LogP contribution in [0.5, 0.6) is 23.0 Å². The highest BCUT2D eigenvalue weighted by Gasteiger charge is 2.12. The summed E-state index contributed by atoms with van der Waals surface area (Å²) in [4.78, 5) is 12.3. The van der Waals surface area contributed by atoms with E-state index in [1.807, 2.05) is 6.07 Å². The van der Waals surface area contributed by atoms with Gasteiger partial charge in [0.15, 0.2) is 11.5 Å². The van der Waals surface area contributed by atoms with Crippen LogP contribution in [-0.4, -0.2) is 34.3 Å². The number of carbonyl (C=O) groups is 1. The van der Waals surface area contributed by atoms with Gasteiger partial charge in [-0.05, 0) is 18.2 Å². The predicted octanol–water partition coefficient (Wildman–Crippen LogP) is 2.90. The van der Waals surface area contributed by atoms with Gasteiger partial charge in [0.05, 0.1) is 34.9 Å². The van der Waals surface area contributed by atoms with Crippen LogP contribution in [0.3, 0.4) is 0 Å². The number of hydrogen-bond acceptors (Lipinski definition) is 5. The molecule has 0 saturated carbocycles. The molecule has 2 aromatic carbocycles. The molecule has 2 rings (SSSR count). The fraction of sp³-hybridized carbons (Fsp3) is 0.278. The first-order valence-electron chi connectivity index (χ1n) is 7.34. The van der Waals surface area contributed by atoms with Gasteiger partial charge < -0.3 is 24.3 Å².